The van der Waals surface area contributed by atoms with Crippen molar-refractivity contribution in [1.29, 1.82) is 0 Å². The first-order valence-corrected chi connectivity index (χ1v) is 7.54. The number of carbonyl (C=O) groups excluding carboxylic acids is 1. The third kappa shape index (κ3) is 4.68. The third-order valence-electron chi connectivity index (χ3n) is 3.92. The van der Waals surface area contributed by atoms with Gasteiger partial charge in [-0.05, 0) is 45.0 Å². The number of hydrogen-bond donors (Lipinski definition) is 3. The Hall–Kier alpha value is -1.66. The maximum absolute atomic E-state index is 13.9. The van der Waals surface area contributed by atoms with Crippen molar-refractivity contribution in [2.45, 2.75) is 38.0 Å². The number of rotatable bonds is 6. The summed E-state index contributed by atoms with van der Waals surface area (Å²) >= 11 is 0. The van der Waals surface area contributed by atoms with Crippen LogP contribution < -0.4 is 10.6 Å². The Morgan fingerprint density at radius 2 is 2.09 bits per heavy atom. The standard InChI is InChI=1S/C16H24FN3O2/c1-20(2)10-13-5-4-12(8-14(13)17)9-18-15(21)19-11-16(22)6-3-7-16/h4-5,8,22H,3,6-7,9-11H2,1-2H3,(H2,18,19,21). The number of nitrogens with one attached hydrogen (secondary N) is 2. The molecule has 1 aromatic rings. The predicted molar refractivity (Wildman–Crippen MR) is 82.8 cm³/mol. The van der Waals surface area contributed by atoms with E-state index in [4.69, 9.17) is 0 Å². The zero-order chi connectivity index (χ0) is 16.2. The minimum atomic E-state index is -0.739. The van der Waals surface area contributed by atoms with Crippen molar-refractivity contribution in [3.63, 3.8) is 0 Å². The van der Waals surface area contributed by atoms with Gasteiger partial charge in [-0.25, -0.2) is 9.18 Å². The van der Waals surface area contributed by atoms with Crippen molar-refractivity contribution < 1.29 is 14.3 Å². The molecule has 5 nitrogen and oxygen atoms in total. The number of halogens is 1. The molecular weight excluding hydrogens is 285 g/mol. The minimum absolute atomic E-state index is 0.253. The summed E-state index contributed by atoms with van der Waals surface area (Å²) in [4.78, 5) is 13.6. The lowest BCUT2D eigenvalue weighted by Gasteiger charge is -2.36. The second kappa shape index (κ2) is 7.07. The molecule has 2 rings (SSSR count). The number of aliphatic hydroxyl groups is 1. The highest BCUT2D eigenvalue weighted by atomic mass is 19.1. The summed E-state index contributed by atoms with van der Waals surface area (Å²) < 4.78 is 13.9. The van der Waals surface area contributed by atoms with Crippen molar-refractivity contribution in [2.75, 3.05) is 20.6 Å². The smallest absolute Gasteiger partial charge is 0.315 e. The van der Waals surface area contributed by atoms with Crippen LogP contribution in [0.25, 0.3) is 0 Å². The highest BCUT2D eigenvalue weighted by Gasteiger charge is 2.34. The first-order chi connectivity index (χ1) is 10.4. The zero-order valence-electron chi connectivity index (χ0n) is 13.2. The number of carbonyl (C=O) groups is 1. The van der Waals surface area contributed by atoms with E-state index < -0.39 is 5.60 Å². The van der Waals surface area contributed by atoms with Crippen LogP contribution >= 0.6 is 0 Å². The molecule has 122 valence electrons. The zero-order valence-corrected chi connectivity index (χ0v) is 13.2. The number of benzene rings is 1. The Balaban J connectivity index is 1.78. The van der Waals surface area contributed by atoms with Crippen LogP contribution in [0.1, 0.15) is 30.4 Å². The molecular formula is C16H24FN3O2. The molecule has 0 unspecified atom stereocenters. The van der Waals surface area contributed by atoms with Crippen LogP contribution in [0.15, 0.2) is 18.2 Å². The molecule has 0 aliphatic heterocycles. The molecule has 3 N–H and O–H groups in total. The summed E-state index contributed by atoms with van der Waals surface area (Å²) in [6.07, 6.45) is 2.45. The molecule has 6 heteroatoms. The lowest BCUT2D eigenvalue weighted by molar-refractivity contribution is -0.0290. The van der Waals surface area contributed by atoms with Gasteiger partial charge in [-0.2, -0.15) is 0 Å². The van der Waals surface area contributed by atoms with Crippen molar-refractivity contribution in [2.24, 2.45) is 0 Å². The van der Waals surface area contributed by atoms with Crippen molar-refractivity contribution >= 4 is 6.03 Å². The molecule has 0 heterocycles. The minimum Gasteiger partial charge on any atom is -0.388 e. The lowest BCUT2D eigenvalue weighted by Crippen LogP contribution is -2.49. The molecule has 1 aromatic carbocycles. The van der Waals surface area contributed by atoms with Gasteiger partial charge in [0.1, 0.15) is 5.82 Å². The quantitative estimate of drug-likeness (QED) is 0.748. The first kappa shape index (κ1) is 16.7. The predicted octanol–water partition coefficient (Wildman–Crippen LogP) is 1.60. The molecule has 1 saturated carbocycles. The Morgan fingerprint density at radius 3 is 2.64 bits per heavy atom. The average molecular weight is 309 g/mol. The Labute approximate surface area is 130 Å². The lowest BCUT2D eigenvalue weighted by atomic mass is 9.80. The number of amides is 2. The molecule has 0 spiro atoms. The monoisotopic (exact) mass is 309 g/mol. The summed E-state index contributed by atoms with van der Waals surface area (Å²) in [5.41, 5.74) is 0.597. The molecule has 2 amide bonds. The van der Waals surface area contributed by atoms with Crippen LogP contribution in [0.2, 0.25) is 0 Å². The van der Waals surface area contributed by atoms with Gasteiger partial charge in [0.25, 0.3) is 0 Å². The van der Waals surface area contributed by atoms with Gasteiger partial charge in [-0.3, -0.25) is 0 Å². The topological polar surface area (TPSA) is 64.6 Å². The van der Waals surface area contributed by atoms with E-state index in [1.54, 1.807) is 6.07 Å². The molecule has 1 aliphatic rings. The summed E-state index contributed by atoms with van der Waals surface area (Å²) in [5.74, 6) is -0.266. The largest absolute Gasteiger partial charge is 0.388 e. The second-order valence-corrected chi connectivity index (χ2v) is 6.28. The number of hydrogen-bond acceptors (Lipinski definition) is 3. The highest BCUT2D eigenvalue weighted by molar-refractivity contribution is 5.73. The van der Waals surface area contributed by atoms with Crippen molar-refractivity contribution in [3.8, 4) is 0 Å². The van der Waals surface area contributed by atoms with Crippen LogP contribution in [-0.2, 0) is 13.1 Å². The van der Waals surface area contributed by atoms with Gasteiger partial charge in [0.15, 0.2) is 0 Å². The van der Waals surface area contributed by atoms with Crippen molar-refractivity contribution in [3.05, 3.63) is 35.1 Å². The Morgan fingerprint density at radius 1 is 1.36 bits per heavy atom. The van der Waals surface area contributed by atoms with E-state index in [0.717, 1.165) is 19.3 Å². The highest BCUT2D eigenvalue weighted by Crippen LogP contribution is 2.30. The molecule has 0 radical (unpaired) electrons. The SMILES string of the molecule is CN(C)Cc1ccc(CNC(=O)NCC2(O)CCC2)cc1F. The normalized spacial score (nSPS) is 16.2. The van der Waals surface area contributed by atoms with Crippen molar-refractivity contribution in [1.82, 2.24) is 15.5 Å². The molecule has 0 bridgehead atoms. The van der Waals surface area contributed by atoms with E-state index in [0.29, 0.717) is 17.7 Å². The van der Waals surface area contributed by atoms with Crippen LogP contribution in [0.3, 0.4) is 0 Å². The molecule has 22 heavy (non-hydrogen) atoms. The summed E-state index contributed by atoms with van der Waals surface area (Å²) in [7, 11) is 3.77. The molecule has 1 aliphatic carbocycles. The summed E-state index contributed by atoms with van der Waals surface area (Å²) in [5, 5.41) is 15.2. The van der Waals surface area contributed by atoms with Crippen LogP contribution in [0, 0.1) is 5.82 Å². The van der Waals surface area contributed by atoms with Gasteiger partial charge >= 0.3 is 6.03 Å². The Kier molecular flexibility index (Phi) is 5.37. The van der Waals surface area contributed by atoms with Crippen LogP contribution in [-0.4, -0.2) is 42.3 Å². The summed E-state index contributed by atoms with van der Waals surface area (Å²) in [6, 6.07) is 4.64. The Bertz CT molecular complexity index is 530. The fraction of sp³-hybridized carbons (Fsp3) is 0.562. The first-order valence-electron chi connectivity index (χ1n) is 7.54. The van der Waals surface area contributed by atoms with Gasteiger partial charge in [-0.15, -0.1) is 0 Å². The maximum Gasteiger partial charge on any atom is 0.315 e. The van der Waals surface area contributed by atoms with Crippen LogP contribution in [0.5, 0.6) is 0 Å². The van der Waals surface area contributed by atoms with E-state index in [1.807, 2.05) is 25.1 Å². The third-order valence-corrected chi connectivity index (χ3v) is 3.92. The molecule has 0 aromatic heterocycles. The van der Waals surface area contributed by atoms with Gasteiger partial charge in [-0.1, -0.05) is 12.1 Å². The fourth-order valence-corrected chi connectivity index (χ4v) is 2.42. The average Bonchev–Trinajstić information content (AvgIpc) is 2.43. The van der Waals surface area contributed by atoms with Crippen LogP contribution in [0.4, 0.5) is 9.18 Å². The molecule has 0 atom stereocenters. The van der Waals surface area contributed by atoms with Gasteiger partial charge in [0.2, 0.25) is 0 Å². The van der Waals surface area contributed by atoms with E-state index in [2.05, 4.69) is 10.6 Å². The summed E-state index contributed by atoms with van der Waals surface area (Å²) in [6.45, 7) is 1.05. The van der Waals surface area contributed by atoms with E-state index in [-0.39, 0.29) is 24.9 Å². The molecule has 0 saturated heterocycles. The molecule has 1 fully saturated rings. The maximum atomic E-state index is 13.9. The van der Waals surface area contributed by atoms with Gasteiger partial charge in [0, 0.05) is 25.2 Å². The van der Waals surface area contributed by atoms with E-state index in [1.165, 1.54) is 6.07 Å². The fourth-order valence-electron chi connectivity index (χ4n) is 2.42. The van der Waals surface area contributed by atoms with E-state index in [9.17, 15) is 14.3 Å². The number of nitrogens with zero attached hydrogens (tertiary/aromatic N) is 1. The van der Waals surface area contributed by atoms with E-state index >= 15 is 0 Å². The van der Waals surface area contributed by atoms with Gasteiger partial charge in [0.05, 0.1) is 5.60 Å². The van der Waals surface area contributed by atoms with Gasteiger partial charge < -0.3 is 20.6 Å². The number of urea groups is 1. The second-order valence-electron chi connectivity index (χ2n) is 6.28.